The minimum atomic E-state index is -0.970. The third kappa shape index (κ3) is 6.12. The number of carbonyl (C=O) groups excluding carboxylic acids is 3. The smallest absolute Gasteiger partial charge is 0.329 e. The molecule has 5 nitrogen and oxygen atoms in total. The van der Waals surface area contributed by atoms with E-state index < -0.39 is 18.1 Å². The number of ketones is 2. The van der Waals surface area contributed by atoms with Crippen LogP contribution in [0.25, 0.3) is 0 Å². The van der Waals surface area contributed by atoms with Crippen molar-refractivity contribution in [3.05, 3.63) is 102 Å². The number of hydrogen-bond acceptors (Lipinski definition) is 5. The average Bonchev–Trinajstić information content (AvgIpc) is 2.79. The molecule has 0 aliphatic rings. The van der Waals surface area contributed by atoms with Crippen molar-refractivity contribution < 1.29 is 19.1 Å². The van der Waals surface area contributed by atoms with Crippen molar-refractivity contribution in [2.45, 2.75) is 32.4 Å². The van der Waals surface area contributed by atoms with E-state index in [4.69, 9.17) is 4.74 Å². The molecule has 0 saturated heterocycles. The maximum absolute atomic E-state index is 12.9. The Bertz CT molecular complexity index is 1030. The van der Waals surface area contributed by atoms with Gasteiger partial charge in [-0.25, -0.2) is 4.79 Å². The normalized spacial score (nSPS) is 12.5. The van der Waals surface area contributed by atoms with Crippen LogP contribution >= 0.6 is 0 Å². The van der Waals surface area contributed by atoms with E-state index in [2.05, 4.69) is 5.32 Å². The van der Waals surface area contributed by atoms with Gasteiger partial charge in [-0.05, 0) is 26.0 Å². The zero-order valence-corrected chi connectivity index (χ0v) is 17.6. The molecule has 0 bridgehead atoms. The van der Waals surface area contributed by atoms with Crippen LogP contribution in [-0.2, 0) is 9.53 Å². The molecule has 0 aliphatic carbocycles. The van der Waals surface area contributed by atoms with E-state index in [0.29, 0.717) is 16.8 Å². The van der Waals surface area contributed by atoms with Crippen LogP contribution in [0, 0.1) is 6.92 Å². The summed E-state index contributed by atoms with van der Waals surface area (Å²) in [6, 6.07) is 24.0. The molecular weight excluding hydrogens is 390 g/mol. The largest absolute Gasteiger partial charge is 0.453 e. The first-order valence-electron chi connectivity index (χ1n) is 10.2. The number of anilines is 1. The molecule has 0 fully saturated rings. The van der Waals surface area contributed by atoms with Gasteiger partial charge in [-0.1, -0.05) is 78.4 Å². The van der Waals surface area contributed by atoms with Crippen LogP contribution in [0.2, 0.25) is 0 Å². The summed E-state index contributed by atoms with van der Waals surface area (Å²) < 4.78 is 5.46. The molecule has 3 rings (SSSR count). The summed E-state index contributed by atoms with van der Waals surface area (Å²) in [4.78, 5) is 38.3. The third-order valence-corrected chi connectivity index (χ3v) is 4.88. The molecule has 0 radical (unpaired) electrons. The lowest BCUT2D eigenvalue weighted by atomic mass is 10.0. The second kappa shape index (κ2) is 10.3. The van der Waals surface area contributed by atoms with Crippen LogP contribution in [0.3, 0.4) is 0 Å². The Balaban J connectivity index is 1.73. The van der Waals surface area contributed by atoms with Crippen LogP contribution in [0.15, 0.2) is 84.9 Å². The molecule has 0 spiro atoms. The molecule has 0 aliphatic heterocycles. The van der Waals surface area contributed by atoms with Crippen LogP contribution in [-0.4, -0.2) is 29.7 Å². The maximum atomic E-state index is 12.9. The molecule has 31 heavy (non-hydrogen) atoms. The van der Waals surface area contributed by atoms with Crippen LogP contribution in [0.1, 0.15) is 39.6 Å². The first-order chi connectivity index (χ1) is 14.9. The number of rotatable bonds is 9. The molecule has 5 heteroatoms. The fraction of sp³-hybridized carbons (Fsp3) is 0.192. The second-order valence-corrected chi connectivity index (χ2v) is 7.37. The fourth-order valence-electron chi connectivity index (χ4n) is 3.12. The Kier molecular flexibility index (Phi) is 7.33. The van der Waals surface area contributed by atoms with Gasteiger partial charge in [-0.15, -0.1) is 0 Å². The predicted molar refractivity (Wildman–Crippen MR) is 120 cm³/mol. The summed E-state index contributed by atoms with van der Waals surface area (Å²) >= 11 is 0. The molecule has 0 amide bonds. The molecule has 3 aromatic rings. The zero-order valence-electron chi connectivity index (χ0n) is 17.6. The monoisotopic (exact) mass is 415 g/mol. The van der Waals surface area contributed by atoms with Crippen molar-refractivity contribution in [3.63, 3.8) is 0 Å². The highest BCUT2D eigenvalue weighted by atomic mass is 16.5. The van der Waals surface area contributed by atoms with Crippen LogP contribution in [0.4, 0.5) is 5.69 Å². The summed E-state index contributed by atoms with van der Waals surface area (Å²) in [6.07, 6.45) is -1.06. The predicted octanol–water partition coefficient (Wildman–Crippen LogP) is 4.86. The van der Waals surface area contributed by atoms with E-state index in [1.165, 1.54) is 0 Å². The highest BCUT2D eigenvalue weighted by Gasteiger charge is 2.28. The van der Waals surface area contributed by atoms with Crippen molar-refractivity contribution >= 4 is 23.2 Å². The number of aryl methyl sites for hydroxylation is 1. The number of carbonyl (C=O) groups is 3. The van der Waals surface area contributed by atoms with E-state index in [1.54, 1.807) is 55.5 Å². The van der Waals surface area contributed by atoms with Gasteiger partial charge in [0.1, 0.15) is 6.04 Å². The quantitative estimate of drug-likeness (QED) is 0.399. The number of benzene rings is 3. The van der Waals surface area contributed by atoms with Gasteiger partial charge in [-0.3, -0.25) is 9.59 Å². The van der Waals surface area contributed by atoms with Gasteiger partial charge >= 0.3 is 5.97 Å². The Morgan fingerprint density at radius 3 is 2.00 bits per heavy atom. The summed E-state index contributed by atoms with van der Waals surface area (Å²) in [5.74, 6) is -1.13. The zero-order chi connectivity index (χ0) is 22.2. The minimum absolute atomic E-state index is 0.0941. The van der Waals surface area contributed by atoms with Gasteiger partial charge in [0.15, 0.2) is 11.9 Å². The Morgan fingerprint density at radius 2 is 1.39 bits per heavy atom. The number of hydrogen-bond donors (Lipinski definition) is 1. The van der Waals surface area contributed by atoms with Crippen molar-refractivity contribution in [1.82, 2.24) is 0 Å². The molecule has 2 atom stereocenters. The number of nitrogens with one attached hydrogen (secondary N) is 1. The Morgan fingerprint density at radius 1 is 0.806 bits per heavy atom. The van der Waals surface area contributed by atoms with Gasteiger partial charge in [0.2, 0.25) is 5.78 Å². The van der Waals surface area contributed by atoms with Gasteiger partial charge in [0, 0.05) is 23.2 Å². The van der Waals surface area contributed by atoms with Gasteiger partial charge in [-0.2, -0.15) is 0 Å². The Hall–Kier alpha value is -3.73. The maximum Gasteiger partial charge on any atom is 0.329 e. The third-order valence-electron chi connectivity index (χ3n) is 4.88. The Labute approximate surface area is 182 Å². The fourth-order valence-corrected chi connectivity index (χ4v) is 3.12. The topological polar surface area (TPSA) is 72.5 Å². The SMILES string of the molecule is Cc1ccc(C(=O)[C@@H](C)OC(=O)[C@H](CC(=O)c2ccccc2)Nc2ccccc2)cc1. The summed E-state index contributed by atoms with van der Waals surface area (Å²) in [5.41, 5.74) is 2.70. The summed E-state index contributed by atoms with van der Waals surface area (Å²) in [7, 11) is 0. The van der Waals surface area contributed by atoms with Crippen molar-refractivity contribution in [1.29, 1.82) is 0 Å². The van der Waals surface area contributed by atoms with E-state index >= 15 is 0 Å². The highest BCUT2D eigenvalue weighted by Crippen LogP contribution is 2.15. The molecule has 0 aromatic heterocycles. The number of ether oxygens (including phenoxy) is 1. The van der Waals surface area contributed by atoms with E-state index in [9.17, 15) is 14.4 Å². The molecular formula is C26H25NO4. The molecule has 0 saturated carbocycles. The van der Waals surface area contributed by atoms with Crippen molar-refractivity contribution in [2.24, 2.45) is 0 Å². The first-order valence-corrected chi connectivity index (χ1v) is 10.2. The van der Waals surface area contributed by atoms with E-state index in [-0.39, 0.29) is 18.0 Å². The van der Waals surface area contributed by atoms with Crippen molar-refractivity contribution in [3.8, 4) is 0 Å². The number of para-hydroxylation sites is 1. The lowest BCUT2D eigenvalue weighted by Crippen LogP contribution is -2.37. The van der Waals surface area contributed by atoms with Crippen LogP contribution in [0.5, 0.6) is 0 Å². The van der Waals surface area contributed by atoms with E-state index in [0.717, 1.165) is 5.56 Å². The molecule has 3 aromatic carbocycles. The molecule has 0 heterocycles. The average molecular weight is 415 g/mol. The summed E-state index contributed by atoms with van der Waals surface area (Å²) in [5, 5.41) is 3.06. The van der Waals surface area contributed by atoms with Gasteiger partial charge < -0.3 is 10.1 Å². The van der Waals surface area contributed by atoms with Crippen molar-refractivity contribution in [2.75, 3.05) is 5.32 Å². The molecule has 0 unspecified atom stereocenters. The van der Waals surface area contributed by atoms with Crippen LogP contribution < -0.4 is 5.32 Å². The number of Topliss-reactive ketones (excluding diaryl/α,β-unsaturated/α-hetero) is 2. The summed E-state index contributed by atoms with van der Waals surface area (Å²) in [6.45, 7) is 3.47. The van der Waals surface area contributed by atoms with E-state index in [1.807, 2.05) is 43.3 Å². The molecule has 1 N–H and O–H groups in total. The second-order valence-electron chi connectivity index (χ2n) is 7.37. The van der Waals surface area contributed by atoms with Gasteiger partial charge in [0.05, 0.1) is 0 Å². The molecule has 158 valence electrons. The number of esters is 1. The van der Waals surface area contributed by atoms with Gasteiger partial charge in [0.25, 0.3) is 0 Å². The lowest BCUT2D eigenvalue weighted by Gasteiger charge is -2.21. The highest BCUT2D eigenvalue weighted by molar-refractivity contribution is 6.02. The lowest BCUT2D eigenvalue weighted by molar-refractivity contribution is -0.147. The standard InChI is InChI=1S/C26H25NO4/c1-18-13-15-21(16-14-18)25(29)19(2)31-26(30)23(27-22-11-7-4-8-12-22)17-24(28)20-9-5-3-6-10-20/h3-16,19,23,27H,17H2,1-2H3/t19-,23+/m1/s1. The minimum Gasteiger partial charge on any atom is -0.453 e. The first kappa shape index (κ1) is 22.0.